The van der Waals surface area contributed by atoms with Gasteiger partial charge in [-0.15, -0.1) is 0 Å². The summed E-state index contributed by atoms with van der Waals surface area (Å²) in [6.45, 7) is 1.83. The number of ether oxygens (including phenoxy) is 1. The normalized spacial score (nSPS) is 23.2. The lowest BCUT2D eigenvalue weighted by Crippen LogP contribution is -2.31. The number of hydrogen-bond donors (Lipinski definition) is 3. The zero-order valence-corrected chi connectivity index (χ0v) is 9.68. The maximum atomic E-state index is 11.3. The summed E-state index contributed by atoms with van der Waals surface area (Å²) in [7, 11) is -3.02. The molecule has 0 aromatic heterocycles. The Morgan fingerprint density at radius 3 is 2.56 bits per heavy atom. The molecule has 2 atom stereocenters. The first kappa shape index (κ1) is 13.0. The lowest BCUT2D eigenvalue weighted by atomic mass is 10.2. The van der Waals surface area contributed by atoms with Gasteiger partial charge in [0.15, 0.2) is 11.9 Å². The fraction of sp³-hybridized carbons (Fsp3) is 0.625. The van der Waals surface area contributed by atoms with Gasteiger partial charge >= 0.3 is 5.97 Å². The van der Waals surface area contributed by atoms with Gasteiger partial charge in [0, 0.05) is 13.3 Å². The van der Waals surface area contributed by atoms with E-state index in [1.807, 2.05) is 0 Å². The molecular formula is C8H13O7P. The van der Waals surface area contributed by atoms with Crippen LogP contribution in [0.5, 0.6) is 0 Å². The average Bonchev–Trinajstić information content (AvgIpc) is 2.42. The maximum absolute atomic E-state index is 11.3. The van der Waals surface area contributed by atoms with Gasteiger partial charge in [0.1, 0.15) is 6.10 Å². The SMILES string of the molecule is CP(C)(=O)OC1=C(O)[C@@H](C(O)CO)OC1=O. The number of carbonyl (C=O) groups is 1. The van der Waals surface area contributed by atoms with Crippen LogP contribution in [0.2, 0.25) is 0 Å². The molecule has 92 valence electrons. The quantitative estimate of drug-likeness (QED) is 0.460. The van der Waals surface area contributed by atoms with Crippen LogP contribution in [0.4, 0.5) is 0 Å². The highest BCUT2D eigenvalue weighted by Crippen LogP contribution is 2.43. The van der Waals surface area contributed by atoms with Gasteiger partial charge in [0.25, 0.3) is 5.76 Å². The summed E-state index contributed by atoms with van der Waals surface area (Å²) in [6.07, 6.45) is -2.82. The highest BCUT2D eigenvalue weighted by molar-refractivity contribution is 7.57. The fourth-order valence-electron chi connectivity index (χ4n) is 1.12. The number of carbonyl (C=O) groups excluding carboxylic acids is 1. The first-order chi connectivity index (χ1) is 7.26. The molecule has 1 aliphatic rings. The third-order valence-corrected chi connectivity index (χ3v) is 2.39. The number of hydrogen-bond acceptors (Lipinski definition) is 7. The van der Waals surface area contributed by atoms with Crippen molar-refractivity contribution in [3.8, 4) is 0 Å². The Morgan fingerprint density at radius 1 is 1.56 bits per heavy atom. The number of aliphatic hydroxyl groups is 3. The highest BCUT2D eigenvalue weighted by Gasteiger charge is 2.41. The zero-order chi connectivity index (χ0) is 12.5. The van der Waals surface area contributed by atoms with E-state index >= 15 is 0 Å². The first-order valence-electron chi connectivity index (χ1n) is 4.44. The predicted molar refractivity (Wildman–Crippen MR) is 53.2 cm³/mol. The molecule has 1 heterocycles. The standard InChI is InChI=1S/C8H13O7P/c1-16(2,13)15-7-5(11)6(4(10)3-9)14-8(7)12/h4,6,9-11H,3H2,1-2H3/t4?,6-/m1/s1. The molecule has 8 heteroatoms. The molecule has 0 aromatic rings. The summed E-state index contributed by atoms with van der Waals surface area (Å²) in [5, 5.41) is 27.4. The third-order valence-electron chi connectivity index (χ3n) is 1.77. The minimum atomic E-state index is -3.02. The monoisotopic (exact) mass is 252 g/mol. The Hall–Kier alpha value is -1.04. The molecule has 0 saturated heterocycles. The minimum Gasteiger partial charge on any atom is -0.505 e. The van der Waals surface area contributed by atoms with Crippen molar-refractivity contribution in [3.63, 3.8) is 0 Å². The predicted octanol–water partition coefficient (Wildman–Crippen LogP) is -0.411. The van der Waals surface area contributed by atoms with Crippen LogP contribution in [0.1, 0.15) is 0 Å². The third kappa shape index (κ3) is 2.75. The molecule has 0 aromatic carbocycles. The zero-order valence-electron chi connectivity index (χ0n) is 8.78. The lowest BCUT2D eigenvalue weighted by molar-refractivity contribution is -0.147. The van der Waals surface area contributed by atoms with Gasteiger partial charge < -0.3 is 24.6 Å². The van der Waals surface area contributed by atoms with E-state index in [-0.39, 0.29) is 0 Å². The van der Waals surface area contributed by atoms with Crippen molar-refractivity contribution >= 4 is 13.3 Å². The number of rotatable bonds is 4. The smallest absolute Gasteiger partial charge is 0.378 e. The summed E-state index contributed by atoms with van der Waals surface area (Å²) in [6, 6.07) is 0. The van der Waals surface area contributed by atoms with Crippen LogP contribution in [-0.2, 0) is 18.6 Å². The van der Waals surface area contributed by atoms with Gasteiger partial charge in [-0.2, -0.15) is 0 Å². The Morgan fingerprint density at radius 2 is 2.12 bits per heavy atom. The Balaban J connectivity index is 2.94. The van der Waals surface area contributed by atoms with Gasteiger partial charge in [0.05, 0.1) is 6.61 Å². The average molecular weight is 252 g/mol. The van der Waals surface area contributed by atoms with E-state index < -0.39 is 43.7 Å². The second-order valence-corrected chi connectivity index (χ2v) is 6.32. The number of cyclic esters (lactones) is 1. The summed E-state index contributed by atoms with van der Waals surface area (Å²) in [5.41, 5.74) is 0. The topological polar surface area (TPSA) is 113 Å². The summed E-state index contributed by atoms with van der Waals surface area (Å²) in [5.74, 6) is -2.25. The van der Waals surface area contributed by atoms with E-state index in [0.717, 1.165) is 0 Å². The van der Waals surface area contributed by atoms with Crippen molar-refractivity contribution in [2.45, 2.75) is 12.2 Å². The summed E-state index contributed by atoms with van der Waals surface area (Å²) in [4.78, 5) is 11.2. The van der Waals surface area contributed by atoms with Gasteiger partial charge in [-0.05, 0) is 0 Å². The molecule has 0 amide bonds. The van der Waals surface area contributed by atoms with Crippen molar-refractivity contribution in [2.24, 2.45) is 0 Å². The molecule has 0 saturated carbocycles. The molecule has 0 bridgehead atoms. The Kier molecular flexibility index (Phi) is 3.62. The van der Waals surface area contributed by atoms with Gasteiger partial charge in [-0.1, -0.05) is 0 Å². The van der Waals surface area contributed by atoms with E-state index in [9.17, 15) is 19.6 Å². The van der Waals surface area contributed by atoms with Gasteiger partial charge in [0.2, 0.25) is 7.37 Å². The Bertz CT molecular complexity index is 369. The molecule has 0 fully saturated rings. The maximum Gasteiger partial charge on any atom is 0.378 e. The van der Waals surface area contributed by atoms with E-state index in [1.165, 1.54) is 13.3 Å². The van der Waals surface area contributed by atoms with Crippen LogP contribution in [0.3, 0.4) is 0 Å². The number of aliphatic hydroxyl groups excluding tert-OH is 3. The molecular weight excluding hydrogens is 239 g/mol. The van der Waals surface area contributed by atoms with Crippen molar-refractivity contribution < 1.29 is 33.9 Å². The summed E-state index contributed by atoms with van der Waals surface area (Å²) >= 11 is 0. The molecule has 16 heavy (non-hydrogen) atoms. The van der Waals surface area contributed by atoms with Crippen molar-refractivity contribution in [2.75, 3.05) is 19.9 Å². The van der Waals surface area contributed by atoms with Gasteiger partial charge in [-0.3, -0.25) is 4.57 Å². The number of esters is 1. The van der Waals surface area contributed by atoms with Crippen molar-refractivity contribution in [1.82, 2.24) is 0 Å². The molecule has 0 radical (unpaired) electrons. The highest BCUT2D eigenvalue weighted by atomic mass is 31.2. The molecule has 1 aliphatic heterocycles. The van der Waals surface area contributed by atoms with Crippen LogP contribution >= 0.6 is 7.37 Å². The molecule has 3 N–H and O–H groups in total. The lowest BCUT2D eigenvalue weighted by Gasteiger charge is -2.14. The molecule has 0 spiro atoms. The van der Waals surface area contributed by atoms with E-state index in [1.54, 1.807) is 0 Å². The summed E-state index contributed by atoms with van der Waals surface area (Å²) < 4.78 is 20.7. The van der Waals surface area contributed by atoms with Crippen LogP contribution in [0.25, 0.3) is 0 Å². The molecule has 1 unspecified atom stereocenters. The minimum absolute atomic E-state index is 0.578. The van der Waals surface area contributed by atoms with Crippen LogP contribution in [0, 0.1) is 0 Å². The second kappa shape index (κ2) is 4.45. The van der Waals surface area contributed by atoms with Gasteiger partial charge in [-0.25, -0.2) is 4.79 Å². The fourth-order valence-corrected chi connectivity index (χ4v) is 1.73. The van der Waals surface area contributed by atoms with Crippen LogP contribution < -0.4 is 0 Å². The second-order valence-electron chi connectivity index (χ2n) is 3.63. The van der Waals surface area contributed by atoms with Crippen LogP contribution in [0.15, 0.2) is 11.5 Å². The molecule has 0 aliphatic carbocycles. The Labute approximate surface area is 91.7 Å². The largest absolute Gasteiger partial charge is 0.505 e. The van der Waals surface area contributed by atoms with Crippen LogP contribution in [-0.4, -0.2) is 53.4 Å². The first-order valence-corrected chi connectivity index (χ1v) is 6.96. The van der Waals surface area contributed by atoms with E-state index in [2.05, 4.69) is 4.74 Å². The van der Waals surface area contributed by atoms with E-state index in [0.29, 0.717) is 0 Å². The van der Waals surface area contributed by atoms with Crippen molar-refractivity contribution in [1.29, 1.82) is 0 Å². The molecule has 7 nitrogen and oxygen atoms in total. The van der Waals surface area contributed by atoms with Crippen molar-refractivity contribution in [3.05, 3.63) is 11.5 Å². The van der Waals surface area contributed by atoms with E-state index in [4.69, 9.17) is 9.63 Å². The molecule has 1 rings (SSSR count).